The van der Waals surface area contributed by atoms with Gasteiger partial charge in [-0.2, -0.15) is 0 Å². The Kier molecular flexibility index (Phi) is 3.82. The molecule has 3 heteroatoms. The van der Waals surface area contributed by atoms with E-state index < -0.39 is 0 Å². The average molecular weight is 233 g/mol. The Morgan fingerprint density at radius 1 is 1.35 bits per heavy atom. The second kappa shape index (κ2) is 5.34. The monoisotopic (exact) mass is 233 g/mol. The molecule has 1 N–H and O–H groups in total. The minimum Gasteiger partial charge on any atom is -0.459 e. The van der Waals surface area contributed by atoms with Crippen molar-refractivity contribution in [3.63, 3.8) is 0 Å². The Bertz CT molecular complexity index is 445. The van der Waals surface area contributed by atoms with Crippen molar-refractivity contribution in [1.29, 1.82) is 0 Å². The molecule has 0 aliphatic heterocycles. The zero-order valence-corrected chi connectivity index (χ0v) is 10.6. The van der Waals surface area contributed by atoms with E-state index in [1.54, 1.807) is 7.11 Å². The van der Waals surface area contributed by atoms with Crippen LogP contribution < -0.4 is 5.32 Å². The fraction of sp³-hybridized carbons (Fsp3) is 0.429. The third-order valence-electron chi connectivity index (χ3n) is 3.02. The smallest absolute Gasteiger partial charge is 0.134 e. The van der Waals surface area contributed by atoms with E-state index in [0.29, 0.717) is 0 Å². The van der Waals surface area contributed by atoms with Gasteiger partial charge in [0.05, 0.1) is 12.1 Å². The molecule has 0 aliphatic carbocycles. The SMILES string of the molecule is CCNC(c1cc2ccccc2o1)C(C)OC. The highest BCUT2D eigenvalue weighted by molar-refractivity contribution is 5.77. The van der Waals surface area contributed by atoms with E-state index >= 15 is 0 Å². The number of furan rings is 1. The highest BCUT2D eigenvalue weighted by Crippen LogP contribution is 2.26. The van der Waals surface area contributed by atoms with Gasteiger partial charge in [0.2, 0.25) is 0 Å². The molecular formula is C14H19NO2. The summed E-state index contributed by atoms with van der Waals surface area (Å²) in [5.41, 5.74) is 0.925. The summed E-state index contributed by atoms with van der Waals surface area (Å²) in [7, 11) is 1.72. The molecular weight excluding hydrogens is 214 g/mol. The van der Waals surface area contributed by atoms with Crippen LogP contribution in [0.1, 0.15) is 25.6 Å². The van der Waals surface area contributed by atoms with Crippen molar-refractivity contribution < 1.29 is 9.15 Å². The predicted octanol–water partition coefficient (Wildman–Crippen LogP) is 3.12. The number of likely N-dealkylation sites (N-methyl/N-ethyl adjacent to an activating group) is 1. The van der Waals surface area contributed by atoms with Crippen LogP contribution >= 0.6 is 0 Å². The van der Waals surface area contributed by atoms with Crippen LogP contribution in [0.3, 0.4) is 0 Å². The quantitative estimate of drug-likeness (QED) is 0.861. The Morgan fingerprint density at radius 2 is 2.12 bits per heavy atom. The largest absolute Gasteiger partial charge is 0.459 e. The van der Waals surface area contributed by atoms with Gasteiger partial charge in [-0.15, -0.1) is 0 Å². The molecule has 92 valence electrons. The second-order valence-corrected chi connectivity index (χ2v) is 4.16. The molecule has 1 aromatic heterocycles. The summed E-state index contributed by atoms with van der Waals surface area (Å²) in [5, 5.41) is 4.52. The molecule has 2 rings (SSSR count). The summed E-state index contributed by atoms with van der Waals surface area (Å²) >= 11 is 0. The van der Waals surface area contributed by atoms with E-state index in [1.807, 2.05) is 25.1 Å². The second-order valence-electron chi connectivity index (χ2n) is 4.16. The van der Waals surface area contributed by atoms with E-state index in [1.165, 1.54) is 0 Å². The van der Waals surface area contributed by atoms with Gasteiger partial charge in [-0.25, -0.2) is 0 Å². The van der Waals surface area contributed by atoms with Crippen LogP contribution in [-0.2, 0) is 4.74 Å². The van der Waals surface area contributed by atoms with E-state index in [2.05, 4.69) is 24.4 Å². The molecule has 0 bridgehead atoms. The number of hydrogen-bond donors (Lipinski definition) is 1. The minimum atomic E-state index is 0.0792. The van der Waals surface area contributed by atoms with Gasteiger partial charge >= 0.3 is 0 Å². The lowest BCUT2D eigenvalue weighted by Crippen LogP contribution is -2.30. The predicted molar refractivity (Wildman–Crippen MR) is 69.1 cm³/mol. The van der Waals surface area contributed by atoms with Crippen LogP contribution in [0.15, 0.2) is 34.7 Å². The fourth-order valence-electron chi connectivity index (χ4n) is 2.01. The van der Waals surface area contributed by atoms with Gasteiger partial charge in [-0.1, -0.05) is 25.1 Å². The van der Waals surface area contributed by atoms with E-state index in [9.17, 15) is 0 Å². The first-order valence-electron chi connectivity index (χ1n) is 6.01. The standard InChI is InChI=1S/C14H19NO2/c1-4-15-14(10(2)16-3)13-9-11-7-5-6-8-12(11)17-13/h5-10,14-15H,4H2,1-3H3. The normalized spacial score (nSPS) is 15.0. The molecule has 3 nitrogen and oxygen atoms in total. The Balaban J connectivity index is 2.34. The van der Waals surface area contributed by atoms with E-state index in [4.69, 9.17) is 9.15 Å². The Labute approximate surface area is 102 Å². The van der Waals surface area contributed by atoms with Crippen LogP contribution in [0.5, 0.6) is 0 Å². The van der Waals surface area contributed by atoms with Crippen molar-refractivity contribution in [2.24, 2.45) is 0 Å². The molecule has 1 aromatic carbocycles. The number of hydrogen-bond acceptors (Lipinski definition) is 3. The summed E-state index contributed by atoms with van der Waals surface area (Å²) in [5.74, 6) is 0.933. The van der Waals surface area contributed by atoms with Gasteiger partial charge in [0, 0.05) is 12.5 Å². The Morgan fingerprint density at radius 3 is 2.76 bits per heavy atom. The molecule has 17 heavy (non-hydrogen) atoms. The van der Waals surface area contributed by atoms with E-state index in [0.717, 1.165) is 23.3 Å². The summed E-state index contributed by atoms with van der Waals surface area (Å²) in [6, 6.07) is 10.2. The highest BCUT2D eigenvalue weighted by atomic mass is 16.5. The number of methoxy groups -OCH3 is 1. The van der Waals surface area contributed by atoms with Crippen LogP contribution in [0.4, 0.5) is 0 Å². The first kappa shape index (κ1) is 12.1. The molecule has 1 heterocycles. The molecule has 2 aromatic rings. The summed E-state index contributed by atoms with van der Waals surface area (Å²) in [6.45, 7) is 5.01. The number of para-hydroxylation sites is 1. The number of ether oxygens (including phenoxy) is 1. The average Bonchev–Trinajstić information content (AvgIpc) is 2.78. The molecule has 2 atom stereocenters. The summed E-state index contributed by atoms with van der Waals surface area (Å²) in [4.78, 5) is 0. The summed E-state index contributed by atoms with van der Waals surface area (Å²) in [6.07, 6.45) is 0.0792. The lowest BCUT2D eigenvalue weighted by Gasteiger charge is -2.21. The lowest BCUT2D eigenvalue weighted by molar-refractivity contribution is 0.0766. The van der Waals surface area contributed by atoms with Crippen LogP contribution in [0.2, 0.25) is 0 Å². The maximum absolute atomic E-state index is 5.86. The highest BCUT2D eigenvalue weighted by Gasteiger charge is 2.21. The first-order chi connectivity index (χ1) is 8.26. The molecule has 0 fully saturated rings. The van der Waals surface area contributed by atoms with Crippen molar-refractivity contribution in [3.8, 4) is 0 Å². The van der Waals surface area contributed by atoms with Crippen LogP contribution in [0, 0.1) is 0 Å². The van der Waals surface area contributed by atoms with Gasteiger partial charge in [0.15, 0.2) is 0 Å². The fourth-order valence-corrected chi connectivity index (χ4v) is 2.01. The number of nitrogens with one attached hydrogen (secondary N) is 1. The number of fused-ring (bicyclic) bond motifs is 1. The molecule has 0 saturated carbocycles. The number of benzene rings is 1. The third kappa shape index (κ3) is 2.51. The third-order valence-corrected chi connectivity index (χ3v) is 3.02. The first-order valence-corrected chi connectivity index (χ1v) is 6.01. The molecule has 0 spiro atoms. The van der Waals surface area contributed by atoms with Crippen molar-refractivity contribution in [3.05, 3.63) is 36.1 Å². The molecule has 0 saturated heterocycles. The molecule has 0 amide bonds. The van der Waals surface area contributed by atoms with Crippen molar-refractivity contribution in [1.82, 2.24) is 5.32 Å². The summed E-state index contributed by atoms with van der Waals surface area (Å²) < 4.78 is 11.3. The van der Waals surface area contributed by atoms with Gasteiger partial charge in [0.25, 0.3) is 0 Å². The molecule has 0 radical (unpaired) electrons. The zero-order valence-electron chi connectivity index (χ0n) is 10.6. The maximum Gasteiger partial charge on any atom is 0.134 e. The topological polar surface area (TPSA) is 34.4 Å². The van der Waals surface area contributed by atoms with Crippen LogP contribution in [0.25, 0.3) is 11.0 Å². The van der Waals surface area contributed by atoms with Crippen molar-refractivity contribution in [2.45, 2.75) is 26.0 Å². The Hall–Kier alpha value is -1.32. The number of rotatable bonds is 5. The van der Waals surface area contributed by atoms with Crippen LogP contribution in [-0.4, -0.2) is 19.8 Å². The van der Waals surface area contributed by atoms with Gasteiger partial charge < -0.3 is 14.5 Å². The van der Waals surface area contributed by atoms with Gasteiger partial charge in [-0.3, -0.25) is 0 Å². The van der Waals surface area contributed by atoms with Gasteiger partial charge in [0.1, 0.15) is 11.3 Å². The maximum atomic E-state index is 5.86. The minimum absolute atomic E-state index is 0.0792. The lowest BCUT2D eigenvalue weighted by atomic mass is 10.1. The van der Waals surface area contributed by atoms with Crippen molar-refractivity contribution >= 4 is 11.0 Å². The van der Waals surface area contributed by atoms with Gasteiger partial charge in [-0.05, 0) is 25.6 Å². The molecule has 0 aliphatic rings. The van der Waals surface area contributed by atoms with E-state index in [-0.39, 0.29) is 12.1 Å². The molecule has 2 unspecified atom stereocenters. The van der Waals surface area contributed by atoms with Crippen molar-refractivity contribution in [2.75, 3.05) is 13.7 Å². The zero-order chi connectivity index (χ0) is 12.3.